The van der Waals surface area contributed by atoms with Crippen LogP contribution < -0.4 is 0 Å². The zero-order valence-electron chi connectivity index (χ0n) is 13.8. The summed E-state index contributed by atoms with van der Waals surface area (Å²) in [5, 5.41) is 10.9. The Hall–Kier alpha value is -1.60. The first-order chi connectivity index (χ1) is 9.78. The molecular formula is C20H26O. The van der Waals surface area contributed by atoms with Crippen molar-refractivity contribution in [2.24, 2.45) is 0 Å². The van der Waals surface area contributed by atoms with E-state index in [0.717, 1.165) is 5.56 Å². The summed E-state index contributed by atoms with van der Waals surface area (Å²) in [7, 11) is 0. The lowest BCUT2D eigenvalue weighted by atomic mass is 9.87. The lowest BCUT2D eigenvalue weighted by molar-refractivity contribution is 0.0575. The van der Waals surface area contributed by atoms with Crippen molar-refractivity contribution >= 4 is 0 Å². The van der Waals surface area contributed by atoms with Crippen LogP contribution in [0.5, 0.6) is 0 Å². The Morgan fingerprint density at radius 3 is 1.95 bits per heavy atom. The van der Waals surface area contributed by atoms with E-state index in [-0.39, 0.29) is 0 Å². The quantitative estimate of drug-likeness (QED) is 0.847. The molecular weight excluding hydrogens is 256 g/mol. The first kappa shape index (κ1) is 15.8. The second-order valence-electron chi connectivity index (χ2n) is 6.72. The van der Waals surface area contributed by atoms with Crippen LogP contribution in [0.15, 0.2) is 42.5 Å². The van der Waals surface area contributed by atoms with Gasteiger partial charge in [0.15, 0.2) is 0 Å². The Balaban J connectivity index is 2.23. The van der Waals surface area contributed by atoms with Crippen molar-refractivity contribution in [3.8, 4) is 0 Å². The smallest absolute Gasteiger partial charge is 0.0908 e. The summed E-state index contributed by atoms with van der Waals surface area (Å²) in [6.07, 6.45) is 0.633. The molecule has 1 atom stereocenters. The molecule has 0 saturated heterocycles. The molecule has 0 radical (unpaired) electrons. The zero-order valence-corrected chi connectivity index (χ0v) is 13.8. The molecule has 0 saturated carbocycles. The number of rotatable bonds is 4. The van der Waals surface area contributed by atoms with Crippen molar-refractivity contribution < 1.29 is 5.11 Å². The molecule has 0 amide bonds. The summed E-state index contributed by atoms with van der Waals surface area (Å²) >= 11 is 0. The molecule has 0 aliphatic rings. The number of hydrogen-bond donors (Lipinski definition) is 1. The molecule has 2 aromatic rings. The molecule has 0 aliphatic carbocycles. The van der Waals surface area contributed by atoms with Gasteiger partial charge in [-0.3, -0.25) is 0 Å². The van der Waals surface area contributed by atoms with E-state index in [2.05, 4.69) is 70.2 Å². The molecule has 2 rings (SSSR count). The largest absolute Gasteiger partial charge is 0.385 e. The minimum absolute atomic E-state index is 0.541. The molecule has 2 aromatic carbocycles. The van der Waals surface area contributed by atoms with Gasteiger partial charge in [0, 0.05) is 6.42 Å². The average Bonchev–Trinajstić information content (AvgIpc) is 2.37. The van der Waals surface area contributed by atoms with E-state index in [4.69, 9.17) is 0 Å². The van der Waals surface area contributed by atoms with Gasteiger partial charge in [0.05, 0.1) is 5.60 Å². The van der Waals surface area contributed by atoms with Gasteiger partial charge in [0.1, 0.15) is 0 Å². The van der Waals surface area contributed by atoms with Crippen LogP contribution in [0.2, 0.25) is 0 Å². The van der Waals surface area contributed by atoms with Crippen molar-refractivity contribution in [2.75, 3.05) is 0 Å². The van der Waals surface area contributed by atoms with Crippen LogP contribution in [0.4, 0.5) is 0 Å². The molecule has 0 aromatic heterocycles. The molecule has 1 unspecified atom stereocenters. The zero-order chi connectivity index (χ0) is 15.6. The third-order valence-electron chi connectivity index (χ3n) is 4.04. The van der Waals surface area contributed by atoms with Gasteiger partial charge in [0.2, 0.25) is 0 Å². The number of benzene rings is 2. The van der Waals surface area contributed by atoms with E-state index in [0.29, 0.717) is 12.3 Å². The molecule has 0 spiro atoms. The average molecular weight is 282 g/mol. The van der Waals surface area contributed by atoms with Crippen LogP contribution in [-0.2, 0) is 12.0 Å². The molecule has 1 heteroatoms. The molecule has 1 nitrogen and oxygen atoms in total. The van der Waals surface area contributed by atoms with Gasteiger partial charge in [0.25, 0.3) is 0 Å². The van der Waals surface area contributed by atoms with Gasteiger partial charge >= 0.3 is 0 Å². The van der Waals surface area contributed by atoms with Crippen LogP contribution in [0, 0.1) is 13.8 Å². The lowest BCUT2D eigenvalue weighted by Crippen LogP contribution is -2.24. The van der Waals surface area contributed by atoms with E-state index in [1.807, 2.05) is 6.92 Å². The topological polar surface area (TPSA) is 20.2 Å². The summed E-state index contributed by atoms with van der Waals surface area (Å²) in [5.74, 6) is 0.541. The van der Waals surface area contributed by atoms with Crippen LogP contribution in [-0.4, -0.2) is 5.11 Å². The van der Waals surface area contributed by atoms with Crippen LogP contribution in [0.3, 0.4) is 0 Å². The first-order valence-electron chi connectivity index (χ1n) is 7.68. The predicted octanol–water partition coefficient (Wildman–Crippen LogP) is 4.88. The fourth-order valence-electron chi connectivity index (χ4n) is 2.81. The van der Waals surface area contributed by atoms with E-state index in [1.54, 1.807) is 0 Å². The number of aliphatic hydroxyl groups is 1. The molecule has 0 heterocycles. The SMILES string of the molecule is Cc1cc(C)cc(C(C)(O)Cc2ccc(C(C)C)cc2)c1. The third kappa shape index (κ3) is 3.95. The molecule has 112 valence electrons. The Kier molecular flexibility index (Phi) is 4.53. The first-order valence-corrected chi connectivity index (χ1v) is 7.68. The molecule has 1 N–H and O–H groups in total. The molecule has 0 aliphatic heterocycles. The normalized spacial score (nSPS) is 14.2. The van der Waals surface area contributed by atoms with E-state index in [9.17, 15) is 5.11 Å². The lowest BCUT2D eigenvalue weighted by Gasteiger charge is -2.25. The highest BCUT2D eigenvalue weighted by Crippen LogP contribution is 2.27. The maximum Gasteiger partial charge on any atom is 0.0908 e. The highest BCUT2D eigenvalue weighted by molar-refractivity contribution is 5.34. The van der Waals surface area contributed by atoms with Gasteiger partial charge in [-0.15, -0.1) is 0 Å². The number of aryl methyl sites for hydroxylation is 2. The van der Waals surface area contributed by atoms with Crippen molar-refractivity contribution in [1.29, 1.82) is 0 Å². The maximum absolute atomic E-state index is 10.9. The highest BCUT2D eigenvalue weighted by Gasteiger charge is 2.24. The Morgan fingerprint density at radius 2 is 1.48 bits per heavy atom. The second kappa shape index (κ2) is 6.03. The molecule has 0 fully saturated rings. The summed E-state index contributed by atoms with van der Waals surface area (Å²) in [6, 6.07) is 14.9. The minimum Gasteiger partial charge on any atom is -0.385 e. The Bertz CT molecular complexity index is 586. The number of hydrogen-bond acceptors (Lipinski definition) is 1. The predicted molar refractivity (Wildman–Crippen MR) is 89.7 cm³/mol. The van der Waals surface area contributed by atoms with Crippen LogP contribution in [0.1, 0.15) is 54.5 Å². The molecule has 21 heavy (non-hydrogen) atoms. The van der Waals surface area contributed by atoms with E-state index in [1.165, 1.54) is 22.3 Å². The standard InChI is InChI=1S/C20H26O/c1-14(2)18-8-6-17(7-9-18)13-20(5,21)19-11-15(3)10-16(4)12-19/h6-12,14,21H,13H2,1-5H3. The van der Waals surface area contributed by atoms with Crippen molar-refractivity contribution in [1.82, 2.24) is 0 Å². The van der Waals surface area contributed by atoms with Gasteiger partial charge < -0.3 is 5.11 Å². The van der Waals surface area contributed by atoms with E-state index >= 15 is 0 Å². The highest BCUT2D eigenvalue weighted by atomic mass is 16.3. The minimum atomic E-state index is -0.837. The Morgan fingerprint density at radius 1 is 0.952 bits per heavy atom. The van der Waals surface area contributed by atoms with Crippen molar-refractivity contribution in [2.45, 2.75) is 52.6 Å². The summed E-state index contributed by atoms with van der Waals surface area (Å²) in [4.78, 5) is 0. The van der Waals surface area contributed by atoms with Gasteiger partial charge in [-0.25, -0.2) is 0 Å². The second-order valence-corrected chi connectivity index (χ2v) is 6.72. The van der Waals surface area contributed by atoms with Crippen molar-refractivity contribution in [3.05, 3.63) is 70.3 Å². The molecule has 0 bridgehead atoms. The third-order valence-corrected chi connectivity index (χ3v) is 4.04. The van der Waals surface area contributed by atoms with E-state index < -0.39 is 5.60 Å². The maximum atomic E-state index is 10.9. The summed E-state index contributed by atoms with van der Waals surface area (Å²) in [5.41, 5.74) is 5.05. The van der Waals surface area contributed by atoms with Gasteiger partial charge in [-0.1, -0.05) is 67.4 Å². The van der Waals surface area contributed by atoms with Crippen LogP contribution in [0.25, 0.3) is 0 Å². The van der Waals surface area contributed by atoms with Crippen LogP contribution >= 0.6 is 0 Å². The fraction of sp³-hybridized carbons (Fsp3) is 0.400. The van der Waals surface area contributed by atoms with Crippen molar-refractivity contribution in [3.63, 3.8) is 0 Å². The summed E-state index contributed by atoms with van der Waals surface area (Å²) in [6.45, 7) is 10.4. The fourth-order valence-corrected chi connectivity index (χ4v) is 2.81. The monoisotopic (exact) mass is 282 g/mol. The van der Waals surface area contributed by atoms with Gasteiger partial charge in [-0.2, -0.15) is 0 Å². The van der Waals surface area contributed by atoms with Gasteiger partial charge in [-0.05, 0) is 43.4 Å². The summed E-state index contributed by atoms with van der Waals surface area (Å²) < 4.78 is 0. The Labute approximate surface area is 128 Å².